The molecule has 0 spiro atoms. The molecule has 0 aliphatic rings. The summed E-state index contributed by atoms with van der Waals surface area (Å²) in [5.74, 6) is -1.16. The first kappa shape index (κ1) is 16.3. The topological polar surface area (TPSA) is 179 Å². The zero-order valence-corrected chi connectivity index (χ0v) is 12.2. The van der Waals surface area contributed by atoms with Gasteiger partial charge in [0.1, 0.15) is 29.1 Å². The number of non-ortho nitro benzene ring substituents is 1. The second kappa shape index (κ2) is 5.98. The summed E-state index contributed by atoms with van der Waals surface area (Å²) in [4.78, 5) is 24.3. The number of hydrogen-bond acceptors (Lipinski definition) is 8. The number of nitrogens with two attached hydrogens (primary N) is 1. The van der Waals surface area contributed by atoms with E-state index in [0.29, 0.717) is 0 Å². The Balaban J connectivity index is 3.05. The van der Waals surface area contributed by atoms with Crippen LogP contribution in [0.2, 0.25) is 0 Å². The molecule has 1 heterocycles. The van der Waals surface area contributed by atoms with E-state index in [2.05, 4.69) is 4.98 Å². The van der Waals surface area contributed by atoms with Crippen molar-refractivity contribution in [1.29, 1.82) is 10.5 Å². The second-order valence-corrected chi connectivity index (χ2v) is 4.52. The molecule has 2 rings (SSSR count). The molecule has 0 radical (unpaired) electrons. The summed E-state index contributed by atoms with van der Waals surface area (Å²) >= 11 is 0. The third-order valence-electron chi connectivity index (χ3n) is 3.23. The first-order valence-electron chi connectivity index (χ1n) is 6.27. The first-order valence-corrected chi connectivity index (χ1v) is 6.27. The molecular formula is C14H9N5O5. The van der Waals surface area contributed by atoms with Crippen LogP contribution in [-0.4, -0.2) is 22.1 Å². The number of aromatic nitrogens is 1. The fourth-order valence-electron chi connectivity index (χ4n) is 2.16. The number of pyridine rings is 1. The molecule has 0 saturated carbocycles. The highest BCUT2D eigenvalue weighted by Crippen LogP contribution is 2.42. The number of H-pyrrole nitrogens is 1. The maximum Gasteiger partial charge on any atom is 0.274 e. The number of nitrogens with zero attached hydrogens (tertiary/aromatic N) is 3. The van der Waals surface area contributed by atoms with Crippen molar-refractivity contribution >= 4 is 11.5 Å². The summed E-state index contributed by atoms with van der Waals surface area (Å²) in [6.45, 7) is 0. The molecule has 0 amide bonds. The molecule has 0 saturated heterocycles. The molecular weight excluding hydrogens is 318 g/mol. The number of aromatic amines is 1. The highest BCUT2D eigenvalue weighted by molar-refractivity contribution is 5.86. The normalized spacial score (nSPS) is 9.79. The summed E-state index contributed by atoms with van der Waals surface area (Å²) in [6.07, 6.45) is 0. The highest BCUT2D eigenvalue weighted by Gasteiger charge is 2.25. The number of aromatic hydroxyl groups is 1. The van der Waals surface area contributed by atoms with Gasteiger partial charge < -0.3 is 20.6 Å². The van der Waals surface area contributed by atoms with Gasteiger partial charge in [-0.3, -0.25) is 14.9 Å². The molecule has 2 aromatic rings. The third kappa shape index (κ3) is 2.44. The predicted octanol–water partition coefficient (Wildman–Crippen LogP) is 0.990. The number of benzene rings is 1. The van der Waals surface area contributed by atoms with Gasteiger partial charge in [0.2, 0.25) is 0 Å². The Bertz CT molecular complexity index is 997. The first-order chi connectivity index (χ1) is 11.3. The molecule has 10 nitrogen and oxygen atoms in total. The van der Waals surface area contributed by atoms with Crippen molar-refractivity contribution in [2.75, 3.05) is 12.8 Å². The zero-order chi connectivity index (χ0) is 18.0. The summed E-state index contributed by atoms with van der Waals surface area (Å²) in [5.41, 5.74) is 2.81. The average molecular weight is 327 g/mol. The Morgan fingerprint density at radius 3 is 2.46 bits per heavy atom. The molecule has 0 aliphatic heterocycles. The predicted molar refractivity (Wildman–Crippen MR) is 81.2 cm³/mol. The number of nitriles is 2. The minimum absolute atomic E-state index is 0.258. The van der Waals surface area contributed by atoms with Gasteiger partial charge in [0, 0.05) is 17.2 Å². The third-order valence-corrected chi connectivity index (χ3v) is 3.23. The van der Waals surface area contributed by atoms with Crippen LogP contribution in [0.1, 0.15) is 11.1 Å². The Kier molecular flexibility index (Phi) is 4.07. The Morgan fingerprint density at radius 2 is 1.96 bits per heavy atom. The maximum absolute atomic E-state index is 11.9. The van der Waals surface area contributed by atoms with Crippen LogP contribution in [0.3, 0.4) is 0 Å². The SMILES string of the molecule is COc1cc([N+](=O)[O-])cc(-c2c(C#N)c(N)[nH]c(=O)c2C#N)c1O. The summed E-state index contributed by atoms with van der Waals surface area (Å²) in [5, 5.41) is 39.8. The van der Waals surface area contributed by atoms with E-state index in [0.717, 1.165) is 12.1 Å². The molecule has 0 atom stereocenters. The fraction of sp³-hybridized carbons (Fsp3) is 0.0714. The number of nitro groups is 1. The van der Waals surface area contributed by atoms with Crippen molar-refractivity contribution in [3.63, 3.8) is 0 Å². The van der Waals surface area contributed by atoms with Gasteiger partial charge in [0.05, 0.1) is 18.1 Å². The smallest absolute Gasteiger partial charge is 0.274 e. The van der Waals surface area contributed by atoms with Crippen molar-refractivity contribution in [2.24, 2.45) is 0 Å². The van der Waals surface area contributed by atoms with Gasteiger partial charge in [-0.05, 0) is 0 Å². The molecule has 0 aliphatic carbocycles. The van der Waals surface area contributed by atoms with E-state index in [1.54, 1.807) is 12.1 Å². The molecule has 0 unspecified atom stereocenters. The summed E-state index contributed by atoms with van der Waals surface area (Å²) in [6, 6.07) is 5.21. The number of rotatable bonds is 3. The molecule has 1 aromatic carbocycles. The van der Waals surface area contributed by atoms with E-state index in [4.69, 9.17) is 10.5 Å². The number of phenolic OH excluding ortho intramolecular Hbond substituents is 1. The van der Waals surface area contributed by atoms with Crippen LogP contribution < -0.4 is 16.0 Å². The van der Waals surface area contributed by atoms with Gasteiger partial charge in [0.25, 0.3) is 11.2 Å². The number of hydrogen-bond donors (Lipinski definition) is 3. The monoisotopic (exact) mass is 327 g/mol. The summed E-state index contributed by atoms with van der Waals surface area (Å²) in [7, 11) is 1.17. The van der Waals surface area contributed by atoms with E-state index in [-0.39, 0.29) is 28.3 Å². The van der Waals surface area contributed by atoms with Gasteiger partial charge in [-0.2, -0.15) is 10.5 Å². The van der Waals surface area contributed by atoms with Crippen LogP contribution in [0.25, 0.3) is 11.1 Å². The van der Waals surface area contributed by atoms with Gasteiger partial charge >= 0.3 is 0 Å². The Hall–Kier alpha value is -4.05. The van der Waals surface area contributed by atoms with Crippen molar-refractivity contribution in [1.82, 2.24) is 4.98 Å². The van der Waals surface area contributed by atoms with Crippen LogP contribution in [0.5, 0.6) is 11.5 Å². The van der Waals surface area contributed by atoms with Crippen molar-refractivity contribution in [2.45, 2.75) is 0 Å². The van der Waals surface area contributed by atoms with Gasteiger partial charge in [-0.25, -0.2) is 0 Å². The molecule has 120 valence electrons. The number of nitrogen functional groups attached to an aromatic ring is 1. The molecule has 4 N–H and O–H groups in total. The highest BCUT2D eigenvalue weighted by atomic mass is 16.6. The van der Waals surface area contributed by atoms with Crippen LogP contribution in [0.15, 0.2) is 16.9 Å². The number of nitro benzene ring substituents is 1. The van der Waals surface area contributed by atoms with Crippen molar-refractivity contribution in [3.05, 3.63) is 43.7 Å². The number of methoxy groups -OCH3 is 1. The standard InChI is InChI=1S/C14H9N5O5/c1-24-10-3-6(19(22)23)2-7(12(10)20)11-8(4-15)13(17)18-14(21)9(11)5-16/h2-3,20H,1H3,(H3,17,18,21). The minimum atomic E-state index is -0.895. The number of ether oxygens (including phenoxy) is 1. The van der Waals surface area contributed by atoms with Crippen LogP contribution >= 0.6 is 0 Å². The number of anilines is 1. The molecule has 0 bridgehead atoms. The molecule has 1 aromatic heterocycles. The zero-order valence-electron chi connectivity index (χ0n) is 12.2. The summed E-state index contributed by atoms with van der Waals surface area (Å²) < 4.78 is 4.87. The average Bonchev–Trinajstić information content (AvgIpc) is 2.54. The fourth-order valence-corrected chi connectivity index (χ4v) is 2.16. The van der Waals surface area contributed by atoms with Gasteiger partial charge in [0.15, 0.2) is 11.5 Å². The van der Waals surface area contributed by atoms with Crippen molar-refractivity contribution in [3.8, 4) is 34.8 Å². The molecule has 10 heteroatoms. The minimum Gasteiger partial charge on any atom is -0.504 e. The van der Waals surface area contributed by atoms with Crippen LogP contribution in [0, 0.1) is 32.8 Å². The van der Waals surface area contributed by atoms with E-state index in [9.17, 15) is 30.5 Å². The number of nitrogens with one attached hydrogen (secondary N) is 1. The Morgan fingerprint density at radius 1 is 1.33 bits per heavy atom. The Labute approximate surface area is 134 Å². The lowest BCUT2D eigenvalue weighted by Gasteiger charge is -2.12. The van der Waals surface area contributed by atoms with E-state index < -0.39 is 27.5 Å². The second-order valence-electron chi connectivity index (χ2n) is 4.52. The molecule has 24 heavy (non-hydrogen) atoms. The van der Waals surface area contributed by atoms with Crippen LogP contribution in [0.4, 0.5) is 11.5 Å². The van der Waals surface area contributed by atoms with E-state index in [1.807, 2.05) is 0 Å². The van der Waals surface area contributed by atoms with E-state index >= 15 is 0 Å². The lowest BCUT2D eigenvalue weighted by atomic mass is 9.95. The number of phenols is 1. The van der Waals surface area contributed by atoms with Crippen molar-refractivity contribution < 1.29 is 14.8 Å². The lowest BCUT2D eigenvalue weighted by molar-refractivity contribution is -0.384. The van der Waals surface area contributed by atoms with Gasteiger partial charge in [-0.1, -0.05) is 0 Å². The van der Waals surface area contributed by atoms with E-state index in [1.165, 1.54) is 7.11 Å². The quantitative estimate of drug-likeness (QED) is 0.551. The lowest BCUT2D eigenvalue weighted by Crippen LogP contribution is -2.16. The van der Waals surface area contributed by atoms with Crippen LogP contribution in [-0.2, 0) is 0 Å². The maximum atomic E-state index is 11.9. The van der Waals surface area contributed by atoms with Gasteiger partial charge in [-0.15, -0.1) is 0 Å². The largest absolute Gasteiger partial charge is 0.504 e. The molecule has 0 fully saturated rings.